The van der Waals surface area contributed by atoms with Gasteiger partial charge in [-0.2, -0.15) is 0 Å². The lowest BCUT2D eigenvalue weighted by molar-refractivity contribution is 0.301. The summed E-state index contributed by atoms with van der Waals surface area (Å²) < 4.78 is 11.2. The number of benzene rings is 2. The smallest absolute Gasteiger partial charge is 0.124 e. The average Bonchev–Trinajstić information content (AvgIpc) is 2.51. The fourth-order valence-corrected chi connectivity index (χ4v) is 2.22. The van der Waals surface area contributed by atoms with Gasteiger partial charge in [0, 0.05) is 17.1 Å². The summed E-state index contributed by atoms with van der Waals surface area (Å²) in [5, 5.41) is 4.03. The van der Waals surface area contributed by atoms with Crippen molar-refractivity contribution in [3.05, 3.63) is 58.6 Å². The van der Waals surface area contributed by atoms with Gasteiger partial charge in [-0.1, -0.05) is 30.7 Å². The molecule has 1 N–H and O–H groups in total. The zero-order valence-corrected chi connectivity index (χ0v) is 13.1. The molecule has 0 aromatic heterocycles. The summed E-state index contributed by atoms with van der Waals surface area (Å²) in [6.07, 6.45) is 0. The summed E-state index contributed by atoms with van der Waals surface area (Å²) in [6, 6.07) is 13.5. The van der Waals surface area contributed by atoms with Crippen molar-refractivity contribution in [1.82, 2.24) is 5.32 Å². The van der Waals surface area contributed by atoms with E-state index in [1.54, 1.807) is 7.11 Å². The van der Waals surface area contributed by atoms with Gasteiger partial charge in [0.15, 0.2) is 0 Å². The molecule has 0 aliphatic carbocycles. The Bertz CT molecular complexity index is 587. The lowest BCUT2D eigenvalue weighted by Crippen LogP contribution is -2.13. The van der Waals surface area contributed by atoms with Gasteiger partial charge >= 0.3 is 0 Å². The molecule has 2 aromatic carbocycles. The van der Waals surface area contributed by atoms with Crippen LogP contribution < -0.4 is 14.8 Å². The molecule has 0 heterocycles. The second-order valence-electron chi connectivity index (χ2n) is 4.67. The van der Waals surface area contributed by atoms with Gasteiger partial charge in [-0.25, -0.2) is 0 Å². The lowest BCUT2D eigenvalue weighted by atomic mass is 10.2. The molecule has 0 amide bonds. The topological polar surface area (TPSA) is 30.5 Å². The lowest BCUT2D eigenvalue weighted by Gasteiger charge is -2.13. The van der Waals surface area contributed by atoms with Crippen molar-refractivity contribution in [3.8, 4) is 11.5 Å². The van der Waals surface area contributed by atoms with E-state index in [0.29, 0.717) is 6.61 Å². The molecule has 0 unspecified atom stereocenters. The van der Waals surface area contributed by atoms with Crippen LogP contribution in [0.5, 0.6) is 11.5 Å². The monoisotopic (exact) mass is 305 g/mol. The average molecular weight is 306 g/mol. The van der Waals surface area contributed by atoms with E-state index < -0.39 is 0 Å². The SMILES string of the molecule is CCNCc1cc(OC)ccc1OCc1cccc(Cl)c1. The minimum absolute atomic E-state index is 0.492. The molecule has 0 saturated carbocycles. The molecular weight excluding hydrogens is 286 g/mol. The fourth-order valence-electron chi connectivity index (χ4n) is 2.01. The van der Waals surface area contributed by atoms with Crippen LogP contribution in [0.3, 0.4) is 0 Å². The number of nitrogens with one attached hydrogen (secondary N) is 1. The van der Waals surface area contributed by atoms with Crippen LogP contribution in [-0.4, -0.2) is 13.7 Å². The first kappa shape index (κ1) is 15.7. The predicted octanol–water partition coefficient (Wildman–Crippen LogP) is 4.04. The van der Waals surface area contributed by atoms with Gasteiger partial charge in [-0.3, -0.25) is 0 Å². The molecule has 0 bridgehead atoms. The summed E-state index contributed by atoms with van der Waals surface area (Å²) in [4.78, 5) is 0. The van der Waals surface area contributed by atoms with Crippen LogP contribution in [0.2, 0.25) is 5.02 Å². The van der Waals surface area contributed by atoms with Crippen LogP contribution in [0.25, 0.3) is 0 Å². The minimum Gasteiger partial charge on any atom is -0.497 e. The molecule has 0 aliphatic heterocycles. The van der Waals surface area contributed by atoms with Crippen molar-refractivity contribution in [2.45, 2.75) is 20.1 Å². The van der Waals surface area contributed by atoms with E-state index in [9.17, 15) is 0 Å². The van der Waals surface area contributed by atoms with Crippen molar-refractivity contribution >= 4 is 11.6 Å². The van der Waals surface area contributed by atoms with Crippen LogP contribution in [0.15, 0.2) is 42.5 Å². The van der Waals surface area contributed by atoms with Crippen LogP contribution >= 0.6 is 11.6 Å². The highest BCUT2D eigenvalue weighted by Crippen LogP contribution is 2.25. The zero-order chi connectivity index (χ0) is 15.1. The van der Waals surface area contributed by atoms with Crippen molar-refractivity contribution < 1.29 is 9.47 Å². The highest BCUT2D eigenvalue weighted by atomic mass is 35.5. The highest BCUT2D eigenvalue weighted by molar-refractivity contribution is 6.30. The van der Waals surface area contributed by atoms with Crippen molar-refractivity contribution in [3.63, 3.8) is 0 Å². The van der Waals surface area contributed by atoms with Gasteiger partial charge in [0.05, 0.1) is 7.11 Å². The van der Waals surface area contributed by atoms with Gasteiger partial charge in [-0.05, 0) is 42.4 Å². The second kappa shape index (κ2) is 7.91. The molecule has 21 heavy (non-hydrogen) atoms. The number of methoxy groups -OCH3 is 1. The Balaban J connectivity index is 2.10. The van der Waals surface area contributed by atoms with E-state index in [4.69, 9.17) is 21.1 Å². The van der Waals surface area contributed by atoms with E-state index in [2.05, 4.69) is 12.2 Å². The van der Waals surface area contributed by atoms with E-state index in [1.165, 1.54) is 0 Å². The minimum atomic E-state index is 0.492. The zero-order valence-electron chi connectivity index (χ0n) is 12.4. The Morgan fingerprint density at radius 1 is 1.14 bits per heavy atom. The summed E-state index contributed by atoms with van der Waals surface area (Å²) in [6.45, 7) is 4.22. The third-order valence-corrected chi connectivity index (χ3v) is 3.35. The molecule has 112 valence electrons. The molecule has 0 fully saturated rings. The number of halogens is 1. The third-order valence-electron chi connectivity index (χ3n) is 3.12. The summed E-state index contributed by atoms with van der Waals surface area (Å²) in [7, 11) is 1.67. The predicted molar refractivity (Wildman–Crippen MR) is 86.2 cm³/mol. The van der Waals surface area contributed by atoms with Gasteiger partial charge in [0.1, 0.15) is 18.1 Å². The Morgan fingerprint density at radius 3 is 2.71 bits per heavy atom. The van der Waals surface area contributed by atoms with Crippen molar-refractivity contribution in [2.24, 2.45) is 0 Å². The normalized spacial score (nSPS) is 10.4. The highest BCUT2D eigenvalue weighted by Gasteiger charge is 2.06. The number of hydrogen-bond donors (Lipinski definition) is 1. The first-order valence-corrected chi connectivity index (χ1v) is 7.35. The van der Waals surface area contributed by atoms with Crippen LogP contribution in [0, 0.1) is 0 Å². The maximum atomic E-state index is 5.98. The summed E-state index contributed by atoms with van der Waals surface area (Å²) in [5.41, 5.74) is 2.13. The molecule has 4 heteroatoms. The maximum Gasteiger partial charge on any atom is 0.124 e. The Kier molecular flexibility index (Phi) is 5.90. The molecule has 2 rings (SSSR count). The van der Waals surface area contributed by atoms with Crippen molar-refractivity contribution in [2.75, 3.05) is 13.7 Å². The first-order valence-electron chi connectivity index (χ1n) is 6.97. The largest absolute Gasteiger partial charge is 0.497 e. The Morgan fingerprint density at radius 2 is 2.00 bits per heavy atom. The van der Waals surface area contributed by atoms with E-state index in [1.807, 2.05) is 42.5 Å². The fraction of sp³-hybridized carbons (Fsp3) is 0.294. The first-order chi connectivity index (χ1) is 10.2. The molecular formula is C17H20ClNO2. The van der Waals surface area contributed by atoms with E-state index >= 15 is 0 Å². The van der Waals surface area contributed by atoms with Crippen molar-refractivity contribution in [1.29, 1.82) is 0 Å². The van der Waals surface area contributed by atoms with Crippen LogP contribution in [0.4, 0.5) is 0 Å². The van der Waals surface area contributed by atoms with Crippen LogP contribution in [0.1, 0.15) is 18.1 Å². The number of rotatable bonds is 7. The summed E-state index contributed by atoms with van der Waals surface area (Å²) >= 11 is 5.98. The molecule has 2 aromatic rings. The maximum absolute atomic E-state index is 5.98. The second-order valence-corrected chi connectivity index (χ2v) is 5.11. The Labute approximate surface area is 130 Å². The molecule has 3 nitrogen and oxygen atoms in total. The number of hydrogen-bond acceptors (Lipinski definition) is 3. The van der Waals surface area contributed by atoms with E-state index in [0.717, 1.165) is 40.7 Å². The molecule has 0 spiro atoms. The molecule has 0 radical (unpaired) electrons. The van der Waals surface area contributed by atoms with Gasteiger partial charge in [-0.15, -0.1) is 0 Å². The van der Waals surface area contributed by atoms with Gasteiger partial charge in [0.2, 0.25) is 0 Å². The van der Waals surface area contributed by atoms with Crippen LogP contribution in [-0.2, 0) is 13.2 Å². The molecule has 0 saturated heterocycles. The molecule has 0 aliphatic rings. The standard InChI is InChI=1S/C17H20ClNO2/c1-3-19-11-14-10-16(20-2)7-8-17(14)21-12-13-5-4-6-15(18)9-13/h4-10,19H,3,11-12H2,1-2H3. The molecule has 0 atom stereocenters. The summed E-state index contributed by atoms with van der Waals surface area (Å²) in [5.74, 6) is 1.69. The Hall–Kier alpha value is -1.71. The number of ether oxygens (including phenoxy) is 2. The van der Waals surface area contributed by atoms with Gasteiger partial charge in [0.25, 0.3) is 0 Å². The van der Waals surface area contributed by atoms with E-state index in [-0.39, 0.29) is 0 Å². The quantitative estimate of drug-likeness (QED) is 0.837. The van der Waals surface area contributed by atoms with Gasteiger partial charge < -0.3 is 14.8 Å². The third kappa shape index (κ3) is 4.66.